The van der Waals surface area contributed by atoms with Crippen molar-refractivity contribution in [2.45, 2.75) is 29.7 Å². The number of fused-ring (bicyclic) bond motifs is 1. The van der Waals surface area contributed by atoms with E-state index >= 15 is 0 Å². The molecule has 4 heterocycles. The van der Waals surface area contributed by atoms with E-state index < -0.39 is 34.6 Å². The van der Waals surface area contributed by atoms with Crippen LogP contribution < -0.4 is 11.1 Å². The number of carbonyl (C=O) groups excluding carboxylic acids is 2. The quantitative estimate of drug-likeness (QED) is 0.166. The number of hydrogen-bond acceptors (Lipinski definition) is 10. The van der Waals surface area contributed by atoms with E-state index in [9.17, 15) is 24.6 Å². The predicted molar refractivity (Wildman–Crippen MR) is 121 cm³/mol. The Hall–Kier alpha value is -2.68. The average Bonchev–Trinajstić information content (AvgIpc) is 3.39. The first-order valence-corrected chi connectivity index (χ1v) is 12.1. The van der Waals surface area contributed by atoms with Crippen molar-refractivity contribution in [2.24, 2.45) is 5.16 Å². The second kappa shape index (κ2) is 8.93. The van der Waals surface area contributed by atoms with Crippen LogP contribution in [0.15, 0.2) is 21.8 Å². The Labute approximate surface area is 197 Å². The number of aliphatic hydroxyl groups is 1. The van der Waals surface area contributed by atoms with Crippen LogP contribution in [-0.4, -0.2) is 98.7 Å². The second-order valence-electron chi connectivity index (χ2n) is 8.34. The SMILES string of the molecule is CO/N=C(\C(=O)N[C@@H]1C(=O)N2C(C(=O)O)=C(C[N+]3(C)CCCC3)C(O)S[C@H]12)c1csc(N)n1. The number of amides is 2. The maximum Gasteiger partial charge on any atom is 0.352 e. The summed E-state index contributed by atoms with van der Waals surface area (Å²) < 4.78 is 0.615. The molecule has 0 bridgehead atoms. The van der Waals surface area contributed by atoms with Gasteiger partial charge >= 0.3 is 5.97 Å². The van der Waals surface area contributed by atoms with Crippen molar-refractivity contribution in [2.75, 3.05) is 39.5 Å². The molecule has 5 N–H and O–H groups in total. The molecule has 0 saturated carbocycles. The molecule has 12 nitrogen and oxygen atoms in total. The number of aliphatic carboxylic acids is 1. The number of thiazole rings is 1. The molecular formula is C19H25N6O6S2+. The Bertz CT molecular complexity index is 1050. The highest BCUT2D eigenvalue weighted by atomic mass is 32.2. The zero-order chi connectivity index (χ0) is 23.9. The van der Waals surface area contributed by atoms with Crippen LogP contribution in [0.2, 0.25) is 0 Å². The van der Waals surface area contributed by atoms with E-state index in [2.05, 4.69) is 15.5 Å². The first kappa shape index (κ1) is 23.5. The molecule has 14 heteroatoms. The van der Waals surface area contributed by atoms with Gasteiger partial charge in [0.1, 0.15) is 41.9 Å². The highest BCUT2D eigenvalue weighted by Crippen LogP contribution is 2.44. The molecular weight excluding hydrogens is 472 g/mol. The van der Waals surface area contributed by atoms with Gasteiger partial charge in [0.25, 0.3) is 11.8 Å². The fourth-order valence-corrected chi connectivity index (χ4v) is 6.26. The van der Waals surface area contributed by atoms with Gasteiger partial charge < -0.3 is 30.6 Å². The summed E-state index contributed by atoms with van der Waals surface area (Å²) in [6.07, 6.45) is 2.07. The van der Waals surface area contributed by atoms with Gasteiger partial charge in [0, 0.05) is 18.2 Å². The number of β-lactam (4-membered cyclic amide) rings is 1. The summed E-state index contributed by atoms with van der Waals surface area (Å²) in [6, 6.07) is -1.04. The summed E-state index contributed by atoms with van der Waals surface area (Å²) in [5.74, 6) is -2.57. The number of aromatic nitrogens is 1. The molecule has 0 spiro atoms. The van der Waals surface area contributed by atoms with Gasteiger partial charge in [-0.15, -0.1) is 11.3 Å². The van der Waals surface area contributed by atoms with Crippen molar-refractivity contribution in [1.29, 1.82) is 0 Å². The maximum atomic E-state index is 12.9. The van der Waals surface area contributed by atoms with Crippen LogP contribution in [0, 0.1) is 0 Å². The number of hydrogen-bond donors (Lipinski definition) is 4. The molecule has 0 aliphatic carbocycles. The fourth-order valence-electron chi connectivity index (χ4n) is 4.42. The van der Waals surface area contributed by atoms with Crippen LogP contribution in [0.1, 0.15) is 18.5 Å². The molecule has 3 aliphatic rings. The van der Waals surface area contributed by atoms with Gasteiger partial charge in [0.2, 0.25) is 0 Å². The number of nitrogen functional groups attached to an aromatic ring is 1. The van der Waals surface area contributed by atoms with Gasteiger partial charge in [-0.3, -0.25) is 14.5 Å². The highest BCUT2D eigenvalue weighted by molar-refractivity contribution is 8.00. The number of carboxylic acids is 1. The number of likely N-dealkylation sites (N-methyl/N-ethyl adjacent to an activating group) is 1. The summed E-state index contributed by atoms with van der Waals surface area (Å²) >= 11 is 2.15. The number of oxime groups is 1. The van der Waals surface area contributed by atoms with Gasteiger partial charge in [-0.25, -0.2) is 9.78 Å². The predicted octanol–water partition coefficient (Wildman–Crippen LogP) is -0.627. The van der Waals surface area contributed by atoms with E-state index in [0.717, 1.165) is 53.9 Å². The third-order valence-electron chi connectivity index (χ3n) is 6.00. The molecule has 3 atom stereocenters. The minimum atomic E-state index is -1.28. The van der Waals surface area contributed by atoms with Gasteiger partial charge in [-0.2, -0.15) is 0 Å². The molecule has 0 radical (unpaired) electrons. The van der Waals surface area contributed by atoms with Crippen LogP contribution in [0.25, 0.3) is 0 Å². The number of nitrogens with two attached hydrogens (primary N) is 1. The number of rotatable bonds is 7. The lowest BCUT2D eigenvalue weighted by molar-refractivity contribution is -0.893. The minimum absolute atomic E-state index is 0.167. The third-order valence-corrected chi connectivity index (χ3v) is 7.98. The lowest BCUT2D eigenvalue weighted by Crippen LogP contribution is -2.72. The molecule has 3 aliphatic heterocycles. The Balaban J connectivity index is 1.56. The average molecular weight is 498 g/mol. The Morgan fingerprint density at radius 1 is 1.42 bits per heavy atom. The Morgan fingerprint density at radius 2 is 2.12 bits per heavy atom. The number of carboxylic acid groups (broad SMARTS) is 1. The summed E-state index contributed by atoms with van der Waals surface area (Å²) in [4.78, 5) is 47.8. The number of aliphatic hydroxyl groups excluding tert-OH is 1. The van der Waals surface area contributed by atoms with Crippen LogP contribution in [0.4, 0.5) is 5.13 Å². The number of likely N-dealkylation sites (tertiary alicyclic amines) is 1. The fraction of sp³-hybridized carbons (Fsp3) is 0.526. The monoisotopic (exact) mass is 497 g/mol. The lowest BCUT2D eigenvalue weighted by Gasteiger charge is -2.50. The molecule has 1 aromatic heterocycles. The lowest BCUT2D eigenvalue weighted by atomic mass is 10.0. The third kappa shape index (κ3) is 4.30. The molecule has 1 unspecified atom stereocenters. The van der Waals surface area contributed by atoms with E-state index in [-0.39, 0.29) is 22.2 Å². The van der Waals surface area contributed by atoms with Crippen molar-refractivity contribution in [3.05, 3.63) is 22.3 Å². The summed E-state index contributed by atoms with van der Waals surface area (Å²) in [5.41, 5.74) is 4.66. The van der Waals surface area contributed by atoms with Gasteiger partial charge in [0.05, 0.1) is 25.7 Å². The molecule has 2 saturated heterocycles. The summed E-state index contributed by atoms with van der Waals surface area (Å²) in [6.45, 7) is 2.11. The minimum Gasteiger partial charge on any atom is -0.477 e. The van der Waals surface area contributed by atoms with Gasteiger partial charge in [0.15, 0.2) is 10.8 Å². The number of anilines is 1. The molecule has 178 valence electrons. The van der Waals surface area contributed by atoms with E-state index in [1.165, 1.54) is 12.5 Å². The normalized spacial score (nSPS) is 26.6. The summed E-state index contributed by atoms with van der Waals surface area (Å²) in [5, 5.41) is 27.9. The van der Waals surface area contributed by atoms with E-state index in [0.29, 0.717) is 16.6 Å². The summed E-state index contributed by atoms with van der Waals surface area (Å²) in [7, 11) is 3.28. The van der Waals surface area contributed by atoms with E-state index in [4.69, 9.17) is 10.6 Å². The van der Waals surface area contributed by atoms with Crippen molar-refractivity contribution >= 4 is 51.7 Å². The molecule has 2 fully saturated rings. The number of nitrogens with one attached hydrogen (secondary N) is 1. The number of nitrogens with zero attached hydrogens (tertiary/aromatic N) is 4. The first-order valence-electron chi connectivity index (χ1n) is 10.2. The van der Waals surface area contributed by atoms with Crippen LogP contribution in [0.5, 0.6) is 0 Å². The standard InChI is InChI=1S/C19H24N6O6S2/c1-25(5-3-4-6-25)7-9-13(17(28)29)24-15(27)12(16(24)33-18(9)30)22-14(26)11(23-31-2)10-8-32-19(20)21-10/h8,12,16,18,30H,3-7H2,1-2H3,(H3-,20,21,22,26,28,29)/p+1/b23-11-/t12-,16-,18?/m1/s1. The van der Waals surface area contributed by atoms with Gasteiger partial charge in [-0.05, 0) is 0 Å². The van der Waals surface area contributed by atoms with Gasteiger partial charge in [-0.1, -0.05) is 16.9 Å². The highest BCUT2D eigenvalue weighted by Gasteiger charge is 2.57. The number of quaternary nitrogens is 1. The van der Waals surface area contributed by atoms with E-state index in [1.807, 2.05) is 7.05 Å². The Kier molecular flexibility index (Phi) is 6.35. The zero-order valence-corrected chi connectivity index (χ0v) is 19.7. The zero-order valence-electron chi connectivity index (χ0n) is 18.1. The van der Waals surface area contributed by atoms with Crippen LogP contribution in [-0.2, 0) is 19.2 Å². The maximum absolute atomic E-state index is 12.9. The molecule has 2 amide bonds. The van der Waals surface area contributed by atoms with Crippen molar-refractivity contribution < 1.29 is 33.9 Å². The Morgan fingerprint density at radius 3 is 2.70 bits per heavy atom. The molecule has 4 rings (SSSR count). The molecule has 33 heavy (non-hydrogen) atoms. The first-order chi connectivity index (χ1) is 15.6. The van der Waals surface area contributed by atoms with Crippen molar-refractivity contribution in [1.82, 2.24) is 15.2 Å². The van der Waals surface area contributed by atoms with Crippen molar-refractivity contribution in [3.8, 4) is 0 Å². The van der Waals surface area contributed by atoms with E-state index in [1.54, 1.807) is 0 Å². The topological polar surface area (TPSA) is 167 Å². The van der Waals surface area contributed by atoms with Crippen LogP contribution in [0.3, 0.4) is 0 Å². The number of thioether (sulfide) groups is 1. The molecule has 1 aromatic rings. The molecule has 0 aromatic carbocycles. The smallest absolute Gasteiger partial charge is 0.352 e. The second-order valence-corrected chi connectivity index (χ2v) is 10.4. The largest absolute Gasteiger partial charge is 0.477 e. The van der Waals surface area contributed by atoms with Crippen molar-refractivity contribution in [3.63, 3.8) is 0 Å². The number of carbonyl (C=O) groups is 3. The van der Waals surface area contributed by atoms with Crippen LogP contribution >= 0.6 is 23.1 Å².